The summed E-state index contributed by atoms with van der Waals surface area (Å²) < 4.78 is 0. The number of nitrogens with two attached hydrogens (primary N) is 1. The van der Waals surface area contributed by atoms with Crippen LogP contribution in [0.4, 0.5) is 0 Å². The zero-order valence-corrected chi connectivity index (χ0v) is 5.75. The van der Waals surface area contributed by atoms with Crippen LogP contribution in [-0.4, -0.2) is 11.5 Å². The van der Waals surface area contributed by atoms with Gasteiger partial charge in [0.05, 0.1) is 0 Å². The third-order valence-corrected chi connectivity index (χ3v) is 1.28. The highest BCUT2D eigenvalue weighted by molar-refractivity contribution is 5.18. The van der Waals surface area contributed by atoms with Gasteiger partial charge in [-0.15, -0.1) is 0 Å². The average Bonchev–Trinajstić information content (AvgIpc) is 1.88. The van der Waals surface area contributed by atoms with E-state index < -0.39 is 0 Å². The van der Waals surface area contributed by atoms with Crippen LogP contribution in [0.25, 0.3) is 0 Å². The number of hydrogen-bond acceptors (Lipinski definition) is 2. The number of hydrogen-bond donors (Lipinski definition) is 1. The minimum Gasteiger partial charge on any atom is -0.330 e. The monoisotopic (exact) mass is 134 g/mol. The molecule has 52 valence electrons. The third kappa shape index (κ3) is 1.81. The predicted octanol–water partition coefficient (Wildman–Crippen LogP) is 0.642. The molecule has 0 fully saturated rings. The van der Waals surface area contributed by atoms with Gasteiger partial charge >= 0.3 is 0 Å². The van der Waals surface area contributed by atoms with Crippen molar-refractivity contribution in [1.29, 1.82) is 0 Å². The normalized spacial score (nSPS) is 9.80. The predicted molar refractivity (Wildman–Crippen MR) is 40.4 cm³/mol. The summed E-state index contributed by atoms with van der Waals surface area (Å²) in [7, 11) is 0. The lowest BCUT2D eigenvalue weighted by atomic mass is 10.2. The van der Waals surface area contributed by atoms with Crippen molar-refractivity contribution in [3.63, 3.8) is 0 Å². The van der Waals surface area contributed by atoms with Crippen molar-refractivity contribution in [2.24, 2.45) is 5.73 Å². The molecule has 0 bridgehead atoms. The molecule has 10 heavy (non-hydrogen) atoms. The second kappa shape index (κ2) is 3.32. The van der Waals surface area contributed by atoms with Crippen LogP contribution >= 0.6 is 0 Å². The van der Waals surface area contributed by atoms with Crippen LogP contribution in [0.1, 0.15) is 11.3 Å². The summed E-state index contributed by atoms with van der Waals surface area (Å²) in [6, 6.07) is 3.76. The third-order valence-electron chi connectivity index (χ3n) is 1.28. The summed E-state index contributed by atoms with van der Waals surface area (Å²) in [5.41, 5.74) is 7.06. The van der Waals surface area contributed by atoms with Crippen molar-refractivity contribution in [1.82, 2.24) is 4.98 Å². The van der Waals surface area contributed by atoms with E-state index in [1.807, 2.05) is 12.1 Å². The van der Waals surface area contributed by atoms with Gasteiger partial charge in [-0.25, -0.2) is 0 Å². The highest BCUT2D eigenvalue weighted by Gasteiger charge is 1.90. The first kappa shape index (κ1) is 7.22. The van der Waals surface area contributed by atoms with Gasteiger partial charge in [0.25, 0.3) is 0 Å². The number of pyridine rings is 1. The fraction of sp³-hybridized carbons (Fsp3) is 0.250. The van der Waals surface area contributed by atoms with Gasteiger partial charge in [-0.3, -0.25) is 4.98 Å². The molecule has 0 amide bonds. The van der Waals surface area contributed by atoms with E-state index in [1.54, 1.807) is 6.20 Å². The Hall–Kier alpha value is -0.890. The summed E-state index contributed by atoms with van der Waals surface area (Å²) in [5.74, 6) is 0. The smallest absolute Gasteiger partial charge is 0.0451 e. The van der Waals surface area contributed by atoms with E-state index in [-0.39, 0.29) is 0 Å². The van der Waals surface area contributed by atoms with Crippen LogP contribution in [0, 0.1) is 6.92 Å². The highest BCUT2D eigenvalue weighted by atomic mass is 14.6. The van der Waals surface area contributed by atoms with Crippen molar-refractivity contribution in [3.8, 4) is 0 Å². The number of nitrogens with zero attached hydrogens (tertiary/aromatic N) is 1. The lowest BCUT2D eigenvalue weighted by Gasteiger charge is -1.97. The van der Waals surface area contributed by atoms with E-state index >= 15 is 0 Å². The van der Waals surface area contributed by atoms with Crippen LogP contribution in [0.15, 0.2) is 18.3 Å². The van der Waals surface area contributed by atoms with E-state index in [4.69, 9.17) is 12.7 Å². The molecule has 0 saturated carbocycles. The maximum atomic E-state index is 5.44. The Bertz CT molecular complexity index is 208. The maximum absolute atomic E-state index is 5.44. The van der Waals surface area contributed by atoms with E-state index in [0.717, 1.165) is 12.0 Å². The van der Waals surface area contributed by atoms with E-state index in [1.165, 1.54) is 0 Å². The van der Waals surface area contributed by atoms with Crippen LogP contribution in [0.3, 0.4) is 0 Å². The summed E-state index contributed by atoms with van der Waals surface area (Å²) in [6.07, 6.45) is 2.56. The second-order valence-electron chi connectivity index (χ2n) is 2.13. The van der Waals surface area contributed by atoms with Crippen LogP contribution in [0.5, 0.6) is 0 Å². The molecule has 2 nitrogen and oxygen atoms in total. The molecule has 1 aromatic heterocycles. The van der Waals surface area contributed by atoms with Crippen molar-refractivity contribution >= 4 is 0 Å². The van der Waals surface area contributed by atoms with Crippen molar-refractivity contribution < 1.29 is 0 Å². The first-order valence-corrected chi connectivity index (χ1v) is 3.23. The SMILES string of the molecule is [CH]c1cc(CCN)ccn1. The first-order chi connectivity index (χ1) is 4.83. The molecule has 1 rings (SSSR count). The van der Waals surface area contributed by atoms with Gasteiger partial charge < -0.3 is 5.73 Å². The maximum Gasteiger partial charge on any atom is 0.0451 e. The van der Waals surface area contributed by atoms with Gasteiger partial charge in [-0.05, 0) is 30.7 Å². The first-order valence-electron chi connectivity index (χ1n) is 3.23. The van der Waals surface area contributed by atoms with Gasteiger partial charge in [0, 0.05) is 18.8 Å². The van der Waals surface area contributed by atoms with E-state index in [2.05, 4.69) is 4.98 Å². The molecular weight excluding hydrogens is 124 g/mol. The lowest BCUT2D eigenvalue weighted by Crippen LogP contribution is -2.02. The molecular formula is C8H10N2. The Balaban J connectivity index is 2.75. The van der Waals surface area contributed by atoms with E-state index in [0.29, 0.717) is 12.2 Å². The van der Waals surface area contributed by atoms with Gasteiger partial charge in [0.15, 0.2) is 0 Å². The number of rotatable bonds is 2. The molecule has 0 aromatic carbocycles. The fourth-order valence-electron chi connectivity index (χ4n) is 0.817. The summed E-state index contributed by atoms with van der Waals surface area (Å²) >= 11 is 0. The average molecular weight is 134 g/mol. The molecule has 2 N–H and O–H groups in total. The van der Waals surface area contributed by atoms with Gasteiger partial charge in [-0.1, -0.05) is 0 Å². The molecule has 0 atom stereocenters. The van der Waals surface area contributed by atoms with E-state index in [9.17, 15) is 0 Å². The Morgan fingerprint density at radius 2 is 2.40 bits per heavy atom. The molecule has 0 aliphatic heterocycles. The Morgan fingerprint density at radius 3 is 3.00 bits per heavy atom. The van der Waals surface area contributed by atoms with Gasteiger partial charge in [0.2, 0.25) is 0 Å². The largest absolute Gasteiger partial charge is 0.330 e. The summed E-state index contributed by atoms with van der Waals surface area (Å²) in [6.45, 7) is 6.09. The van der Waals surface area contributed by atoms with Crippen LogP contribution in [0.2, 0.25) is 0 Å². The highest BCUT2D eigenvalue weighted by Crippen LogP contribution is 1.99. The Labute approximate surface area is 61.1 Å². The van der Waals surface area contributed by atoms with Crippen LogP contribution in [-0.2, 0) is 6.42 Å². The molecule has 0 saturated heterocycles. The topological polar surface area (TPSA) is 38.9 Å². The Kier molecular flexibility index (Phi) is 2.40. The molecule has 0 spiro atoms. The lowest BCUT2D eigenvalue weighted by molar-refractivity contribution is 0.961. The molecule has 2 radical (unpaired) electrons. The molecule has 1 heterocycles. The quantitative estimate of drug-likeness (QED) is 0.644. The minimum atomic E-state index is 0.561. The molecule has 0 unspecified atom stereocenters. The van der Waals surface area contributed by atoms with Crippen molar-refractivity contribution in [3.05, 3.63) is 36.5 Å². The second-order valence-corrected chi connectivity index (χ2v) is 2.13. The molecule has 2 heteroatoms. The van der Waals surface area contributed by atoms with Gasteiger partial charge in [0.1, 0.15) is 0 Å². The zero-order valence-electron chi connectivity index (χ0n) is 5.75. The Morgan fingerprint density at radius 1 is 1.60 bits per heavy atom. The van der Waals surface area contributed by atoms with Crippen molar-refractivity contribution in [2.75, 3.05) is 6.54 Å². The standard InChI is InChI=1S/C8H10N2/c1-7-6-8(2-4-9)3-5-10-7/h1,3,5-6H,2,4,9H2. The minimum absolute atomic E-state index is 0.561. The fourth-order valence-corrected chi connectivity index (χ4v) is 0.817. The summed E-state index contributed by atoms with van der Waals surface area (Å²) in [4.78, 5) is 3.86. The zero-order chi connectivity index (χ0) is 7.40. The van der Waals surface area contributed by atoms with Gasteiger partial charge in [-0.2, -0.15) is 0 Å². The number of aromatic nitrogens is 1. The van der Waals surface area contributed by atoms with Crippen LogP contribution < -0.4 is 5.73 Å². The summed E-state index contributed by atoms with van der Waals surface area (Å²) in [5, 5.41) is 0. The molecule has 0 aliphatic carbocycles. The molecule has 1 aromatic rings. The van der Waals surface area contributed by atoms with Crippen molar-refractivity contribution in [2.45, 2.75) is 6.42 Å². The molecule has 0 aliphatic rings.